The van der Waals surface area contributed by atoms with Crippen LogP contribution in [0.5, 0.6) is 0 Å². The van der Waals surface area contributed by atoms with Crippen molar-refractivity contribution in [2.24, 2.45) is 0 Å². The molecule has 1 saturated heterocycles. The van der Waals surface area contributed by atoms with Gasteiger partial charge in [-0.05, 0) is 29.3 Å². The highest BCUT2D eigenvalue weighted by Gasteiger charge is 2.27. The van der Waals surface area contributed by atoms with E-state index in [0.29, 0.717) is 22.3 Å². The Kier molecular flexibility index (Phi) is 4.08. The maximum absolute atomic E-state index is 11.9. The molecule has 0 spiro atoms. The first-order chi connectivity index (χ1) is 11.3. The van der Waals surface area contributed by atoms with Crippen LogP contribution >= 0.6 is 23.8 Å². The Morgan fingerprint density at radius 2 is 2.29 bits per heavy atom. The normalized spacial score (nSPS) is 16.1. The molecule has 1 N–H and O–H groups in total. The van der Waals surface area contributed by atoms with E-state index < -0.39 is 10.7 Å². The molecular formula is C13H10ClN5O4S. The molecule has 24 heavy (non-hydrogen) atoms. The van der Waals surface area contributed by atoms with Crippen molar-refractivity contribution in [1.82, 2.24) is 20.0 Å². The van der Waals surface area contributed by atoms with Gasteiger partial charge in [0.15, 0.2) is 10.1 Å². The van der Waals surface area contributed by atoms with Crippen LogP contribution in [-0.4, -0.2) is 37.7 Å². The molecule has 1 aliphatic heterocycles. The second-order valence-electron chi connectivity index (χ2n) is 4.91. The van der Waals surface area contributed by atoms with Crippen molar-refractivity contribution in [3.05, 3.63) is 50.7 Å². The molecule has 0 radical (unpaired) electrons. The first-order valence-electron chi connectivity index (χ1n) is 6.62. The van der Waals surface area contributed by atoms with Gasteiger partial charge in [0.1, 0.15) is 23.8 Å². The monoisotopic (exact) mass is 367 g/mol. The van der Waals surface area contributed by atoms with Crippen LogP contribution in [0.3, 0.4) is 0 Å². The van der Waals surface area contributed by atoms with Crippen LogP contribution in [0.15, 0.2) is 28.4 Å². The molecule has 2 aromatic heterocycles. The number of carbonyl (C=O) groups is 1. The fraction of sp³-hybridized carbons (Fsp3) is 0.154. The molecule has 124 valence electrons. The molecular weight excluding hydrogens is 358 g/mol. The van der Waals surface area contributed by atoms with E-state index in [1.54, 1.807) is 19.2 Å². The first kappa shape index (κ1) is 16.1. The summed E-state index contributed by atoms with van der Waals surface area (Å²) in [6, 6.07) is 3.34. The van der Waals surface area contributed by atoms with Crippen LogP contribution in [0.25, 0.3) is 6.08 Å². The Morgan fingerprint density at radius 1 is 1.54 bits per heavy atom. The Balaban J connectivity index is 1.77. The molecule has 1 aliphatic rings. The Morgan fingerprint density at radius 3 is 2.88 bits per heavy atom. The number of nitrogens with one attached hydrogen (secondary N) is 1. The molecule has 0 bridgehead atoms. The summed E-state index contributed by atoms with van der Waals surface area (Å²) >= 11 is 10.7. The summed E-state index contributed by atoms with van der Waals surface area (Å²) in [6.45, 7) is 0.163. The molecule has 0 unspecified atom stereocenters. The molecule has 0 atom stereocenters. The van der Waals surface area contributed by atoms with Gasteiger partial charge in [-0.15, -0.1) is 0 Å². The number of rotatable bonds is 4. The van der Waals surface area contributed by atoms with E-state index in [1.807, 2.05) is 0 Å². The smallest absolute Gasteiger partial charge is 0.408 e. The number of likely N-dealkylation sites (N-methyl/N-ethyl adjacent to an activating group) is 1. The summed E-state index contributed by atoms with van der Waals surface area (Å²) in [4.78, 5) is 23.3. The molecule has 3 rings (SSSR count). The Hall–Kier alpha value is -2.72. The van der Waals surface area contributed by atoms with Gasteiger partial charge in [0.2, 0.25) is 0 Å². The summed E-state index contributed by atoms with van der Waals surface area (Å²) < 4.78 is 6.88. The minimum atomic E-state index is -0.659. The summed E-state index contributed by atoms with van der Waals surface area (Å²) in [5.41, 5.74) is 0.307. The molecule has 1 amide bonds. The minimum Gasteiger partial charge on any atom is -0.460 e. The van der Waals surface area contributed by atoms with Gasteiger partial charge in [0.05, 0.1) is 11.3 Å². The summed E-state index contributed by atoms with van der Waals surface area (Å²) in [6.07, 6.45) is 2.87. The number of carbonyl (C=O) groups excluding carboxylic acids is 1. The molecule has 1 fully saturated rings. The highest BCUT2D eigenvalue weighted by Crippen LogP contribution is 2.22. The van der Waals surface area contributed by atoms with Crippen LogP contribution in [0.1, 0.15) is 11.5 Å². The third kappa shape index (κ3) is 3.01. The van der Waals surface area contributed by atoms with E-state index in [0.717, 1.165) is 0 Å². The molecule has 9 nitrogen and oxygen atoms in total. The van der Waals surface area contributed by atoms with Crippen molar-refractivity contribution in [2.45, 2.75) is 6.54 Å². The van der Waals surface area contributed by atoms with Crippen molar-refractivity contribution in [1.29, 1.82) is 0 Å². The number of halogens is 1. The highest BCUT2D eigenvalue weighted by molar-refractivity contribution is 7.80. The lowest BCUT2D eigenvalue weighted by molar-refractivity contribution is -0.389. The molecule has 0 saturated carbocycles. The zero-order chi connectivity index (χ0) is 17.4. The molecule has 3 heterocycles. The summed E-state index contributed by atoms with van der Waals surface area (Å²) in [7, 11) is 1.57. The van der Waals surface area contributed by atoms with Gasteiger partial charge < -0.3 is 19.8 Å². The SMILES string of the molecule is CN1C(=O)/C(=C\c2ccc(Cn3cc(Cl)c([N+](=O)[O-])n3)o2)NC1=S. The highest BCUT2D eigenvalue weighted by atomic mass is 35.5. The van der Waals surface area contributed by atoms with Gasteiger partial charge in [-0.25, -0.2) is 0 Å². The number of nitrogens with zero attached hydrogens (tertiary/aromatic N) is 4. The maximum Gasteiger partial charge on any atom is 0.408 e. The lowest BCUT2D eigenvalue weighted by Gasteiger charge is -2.02. The zero-order valence-corrected chi connectivity index (χ0v) is 13.8. The topological polar surface area (TPSA) is 106 Å². The van der Waals surface area contributed by atoms with Gasteiger partial charge in [-0.1, -0.05) is 11.6 Å². The largest absolute Gasteiger partial charge is 0.460 e. The predicted molar refractivity (Wildman–Crippen MR) is 88.2 cm³/mol. The number of nitro groups is 1. The van der Waals surface area contributed by atoms with E-state index in [-0.39, 0.29) is 17.5 Å². The van der Waals surface area contributed by atoms with Crippen LogP contribution in [-0.2, 0) is 11.3 Å². The van der Waals surface area contributed by atoms with Crippen LogP contribution in [0.4, 0.5) is 5.82 Å². The van der Waals surface area contributed by atoms with E-state index in [4.69, 9.17) is 28.2 Å². The average molecular weight is 368 g/mol. The maximum atomic E-state index is 11.9. The molecule has 2 aromatic rings. The van der Waals surface area contributed by atoms with E-state index in [2.05, 4.69) is 10.4 Å². The van der Waals surface area contributed by atoms with Crippen molar-refractivity contribution in [3.63, 3.8) is 0 Å². The third-order valence-corrected chi connectivity index (χ3v) is 3.88. The second-order valence-corrected chi connectivity index (χ2v) is 5.71. The number of aromatic nitrogens is 2. The fourth-order valence-corrected chi connectivity index (χ4v) is 2.49. The van der Waals surface area contributed by atoms with Gasteiger partial charge in [-0.3, -0.25) is 9.69 Å². The minimum absolute atomic E-state index is 0.0498. The summed E-state index contributed by atoms with van der Waals surface area (Å²) in [5, 5.41) is 17.5. The molecule has 0 aromatic carbocycles. The van der Waals surface area contributed by atoms with Crippen molar-refractivity contribution in [3.8, 4) is 0 Å². The quantitative estimate of drug-likeness (QED) is 0.380. The zero-order valence-electron chi connectivity index (χ0n) is 12.2. The van der Waals surface area contributed by atoms with Crippen molar-refractivity contribution < 1.29 is 14.1 Å². The number of amides is 1. The average Bonchev–Trinajstić information content (AvgIpc) is 3.17. The van der Waals surface area contributed by atoms with Crippen molar-refractivity contribution >= 4 is 46.7 Å². The van der Waals surface area contributed by atoms with Gasteiger partial charge in [-0.2, -0.15) is 4.68 Å². The number of hydrogen-bond donors (Lipinski definition) is 1. The molecule has 0 aliphatic carbocycles. The standard InChI is InChI=1S/C13H10ClN5O4S/c1-17-12(20)10(15-13(17)24)4-7-2-3-8(23-7)5-18-6-9(14)11(16-18)19(21)22/h2-4,6H,5H2,1H3,(H,15,24)/b10-4+. The van der Waals surface area contributed by atoms with E-state index in [1.165, 1.54) is 21.9 Å². The van der Waals surface area contributed by atoms with Crippen LogP contribution in [0, 0.1) is 10.1 Å². The van der Waals surface area contributed by atoms with Crippen LogP contribution < -0.4 is 5.32 Å². The number of hydrogen-bond acceptors (Lipinski definition) is 6. The number of furan rings is 1. The van der Waals surface area contributed by atoms with Crippen molar-refractivity contribution in [2.75, 3.05) is 7.05 Å². The van der Waals surface area contributed by atoms with Gasteiger partial charge >= 0.3 is 5.82 Å². The van der Waals surface area contributed by atoms with Gasteiger partial charge in [0, 0.05) is 13.1 Å². The van der Waals surface area contributed by atoms with Gasteiger partial charge in [0.25, 0.3) is 5.91 Å². The second kappa shape index (κ2) is 6.06. The van der Waals surface area contributed by atoms with E-state index in [9.17, 15) is 14.9 Å². The predicted octanol–water partition coefficient (Wildman–Crippen LogP) is 1.77. The Bertz CT molecular complexity index is 887. The summed E-state index contributed by atoms with van der Waals surface area (Å²) in [5.74, 6) is 0.263. The Labute approximate surface area is 145 Å². The fourth-order valence-electron chi connectivity index (χ4n) is 2.07. The van der Waals surface area contributed by atoms with E-state index >= 15 is 0 Å². The molecule has 11 heteroatoms. The lowest BCUT2D eigenvalue weighted by Crippen LogP contribution is -2.25. The number of thiocarbonyl (C=S) groups is 1. The first-order valence-corrected chi connectivity index (χ1v) is 7.40. The van der Waals surface area contributed by atoms with Crippen LogP contribution in [0.2, 0.25) is 5.02 Å². The lowest BCUT2D eigenvalue weighted by atomic mass is 10.3. The third-order valence-electron chi connectivity index (χ3n) is 3.24.